The Morgan fingerprint density at radius 3 is 2.27 bits per heavy atom. The molecule has 0 amide bonds. The predicted octanol–water partition coefficient (Wildman–Crippen LogP) is 4.79. The van der Waals surface area contributed by atoms with Crippen molar-refractivity contribution in [1.29, 1.82) is 0 Å². The summed E-state index contributed by atoms with van der Waals surface area (Å²) in [6, 6.07) is 9.62. The molecule has 1 atom stereocenters. The minimum Gasteiger partial charge on any atom is -0.268 e. The Bertz CT molecular complexity index is 465. The van der Waals surface area contributed by atoms with Crippen LogP contribution in [-0.2, 0) is 25.2 Å². The van der Waals surface area contributed by atoms with Gasteiger partial charge in [-0.1, -0.05) is 50.6 Å². The van der Waals surface area contributed by atoms with Gasteiger partial charge < -0.3 is 0 Å². The zero-order valence-corrected chi connectivity index (χ0v) is 14.5. The van der Waals surface area contributed by atoms with Crippen molar-refractivity contribution in [2.45, 2.75) is 60.0 Å². The molecule has 4 nitrogen and oxygen atoms in total. The van der Waals surface area contributed by atoms with Crippen molar-refractivity contribution in [3.8, 4) is 0 Å². The van der Waals surface area contributed by atoms with Gasteiger partial charge in [0.15, 0.2) is 0 Å². The SMILES string of the molecule is CCCC(C)C(C)(C)C(=O)OOOC(C)(C)c1ccccc1. The normalized spacial score (nSPS) is 13.7. The number of carbonyl (C=O) groups is 1. The number of hydrogen-bond acceptors (Lipinski definition) is 4. The Morgan fingerprint density at radius 1 is 1.14 bits per heavy atom. The fourth-order valence-electron chi connectivity index (χ4n) is 2.12. The third kappa shape index (κ3) is 4.82. The minimum absolute atomic E-state index is 0.204. The largest absolute Gasteiger partial charge is 0.351 e. The topological polar surface area (TPSA) is 44.8 Å². The summed E-state index contributed by atoms with van der Waals surface area (Å²) in [7, 11) is 0. The van der Waals surface area contributed by atoms with E-state index in [1.165, 1.54) is 0 Å². The van der Waals surface area contributed by atoms with Crippen LogP contribution in [0.2, 0.25) is 0 Å². The number of carbonyl (C=O) groups excluding carboxylic acids is 1. The van der Waals surface area contributed by atoms with Crippen LogP contribution in [0.5, 0.6) is 0 Å². The van der Waals surface area contributed by atoms with E-state index in [0.717, 1.165) is 18.4 Å². The van der Waals surface area contributed by atoms with Crippen molar-refractivity contribution in [2.24, 2.45) is 11.3 Å². The fourth-order valence-corrected chi connectivity index (χ4v) is 2.12. The number of rotatable bonds is 8. The van der Waals surface area contributed by atoms with E-state index in [-0.39, 0.29) is 5.92 Å². The fraction of sp³-hybridized carbons (Fsp3) is 0.611. The first-order chi connectivity index (χ1) is 10.2. The molecule has 0 saturated heterocycles. The summed E-state index contributed by atoms with van der Waals surface area (Å²) in [5, 5.41) is 4.78. The number of hydrogen-bond donors (Lipinski definition) is 0. The van der Waals surface area contributed by atoms with E-state index in [1.807, 2.05) is 65.0 Å². The maximum Gasteiger partial charge on any atom is 0.351 e. The molecule has 0 aliphatic heterocycles. The molecular weight excluding hydrogens is 280 g/mol. The summed E-state index contributed by atoms with van der Waals surface area (Å²) < 4.78 is 0. The molecule has 1 aromatic carbocycles. The van der Waals surface area contributed by atoms with E-state index in [0.29, 0.717) is 0 Å². The van der Waals surface area contributed by atoms with Gasteiger partial charge in [-0.2, -0.15) is 4.89 Å². The predicted molar refractivity (Wildman–Crippen MR) is 85.6 cm³/mol. The zero-order valence-electron chi connectivity index (χ0n) is 14.5. The van der Waals surface area contributed by atoms with Crippen molar-refractivity contribution in [3.63, 3.8) is 0 Å². The second kappa shape index (κ2) is 7.75. The van der Waals surface area contributed by atoms with Gasteiger partial charge in [0, 0.05) is 0 Å². The van der Waals surface area contributed by atoms with Crippen molar-refractivity contribution in [2.75, 3.05) is 0 Å². The molecule has 0 aromatic heterocycles. The van der Waals surface area contributed by atoms with Gasteiger partial charge in [0.1, 0.15) is 5.60 Å². The second-order valence-corrected chi connectivity index (χ2v) is 6.81. The van der Waals surface area contributed by atoms with Crippen molar-refractivity contribution >= 4 is 5.97 Å². The van der Waals surface area contributed by atoms with Gasteiger partial charge in [0.2, 0.25) is 0 Å². The van der Waals surface area contributed by atoms with Crippen LogP contribution in [0, 0.1) is 11.3 Å². The van der Waals surface area contributed by atoms with E-state index in [1.54, 1.807) is 0 Å². The molecule has 0 aliphatic carbocycles. The van der Waals surface area contributed by atoms with Gasteiger partial charge >= 0.3 is 5.97 Å². The molecule has 1 rings (SSSR count). The molecule has 1 unspecified atom stereocenters. The van der Waals surface area contributed by atoms with Crippen molar-refractivity contribution in [1.82, 2.24) is 0 Å². The van der Waals surface area contributed by atoms with Crippen LogP contribution in [0.1, 0.15) is 59.9 Å². The van der Waals surface area contributed by atoms with Gasteiger partial charge in [-0.25, -0.2) is 4.79 Å². The summed E-state index contributed by atoms with van der Waals surface area (Å²) >= 11 is 0. The average molecular weight is 308 g/mol. The van der Waals surface area contributed by atoms with Crippen molar-refractivity contribution in [3.05, 3.63) is 35.9 Å². The van der Waals surface area contributed by atoms with Crippen LogP contribution in [0.3, 0.4) is 0 Å². The van der Waals surface area contributed by atoms with Gasteiger partial charge in [0.25, 0.3) is 0 Å². The lowest BCUT2D eigenvalue weighted by Gasteiger charge is -2.29. The molecule has 0 saturated carbocycles. The summed E-state index contributed by atoms with van der Waals surface area (Å²) in [5.41, 5.74) is -0.388. The Labute approximate surface area is 133 Å². The first-order valence-corrected chi connectivity index (χ1v) is 7.84. The summed E-state index contributed by atoms with van der Waals surface area (Å²) in [5.74, 6) is -0.215. The smallest absolute Gasteiger partial charge is 0.268 e. The Balaban J connectivity index is 2.54. The molecule has 22 heavy (non-hydrogen) atoms. The Kier molecular flexibility index (Phi) is 6.57. The lowest BCUT2D eigenvalue weighted by Crippen LogP contribution is -2.34. The van der Waals surface area contributed by atoms with Crippen molar-refractivity contribution < 1.29 is 19.6 Å². The van der Waals surface area contributed by atoms with Crippen LogP contribution in [0.4, 0.5) is 0 Å². The molecular formula is C18H28O4. The molecule has 0 heterocycles. The summed E-state index contributed by atoms with van der Waals surface area (Å²) in [6.07, 6.45) is 1.98. The molecule has 0 radical (unpaired) electrons. The number of benzene rings is 1. The summed E-state index contributed by atoms with van der Waals surface area (Å²) in [6.45, 7) is 11.6. The average Bonchev–Trinajstić information content (AvgIpc) is 2.48. The second-order valence-electron chi connectivity index (χ2n) is 6.81. The highest BCUT2D eigenvalue weighted by Gasteiger charge is 2.36. The van der Waals surface area contributed by atoms with E-state index >= 15 is 0 Å². The first kappa shape index (κ1) is 18.7. The highest BCUT2D eigenvalue weighted by molar-refractivity contribution is 5.75. The maximum atomic E-state index is 12.2. The van der Waals surface area contributed by atoms with E-state index < -0.39 is 17.0 Å². The lowest BCUT2D eigenvalue weighted by atomic mass is 9.78. The van der Waals surface area contributed by atoms with Gasteiger partial charge in [-0.05, 0) is 50.6 Å². The highest BCUT2D eigenvalue weighted by Crippen LogP contribution is 2.32. The molecule has 1 aromatic rings. The Morgan fingerprint density at radius 2 is 1.73 bits per heavy atom. The van der Waals surface area contributed by atoms with Crippen LogP contribution in [0.25, 0.3) is 0 Å². The van der Waals surface area contributed by atoms with Gasteiger partial charge in [-0.3, -0.25) is 4.89 Å². The third-order valence-electron chi connectivity index (χ3n) is 4.30. The third-order valence-corrected chi connectivity index (χ3v) is 4.30. The first-order valence-electron chi connectivity index (χ1n) is 7.84. The van der Waals surface area contributed by atoms with Crippen LogP contribution in [-0.4, -0.2) is 5.97 Å². The van der Waals surface area contributed by atoms with E-state index in [2.05, 4.69) is 6.92 Å². The Hall–Kier alpha value is -1.39. The van der Waals surface area contributed by atoms with E-state index in [4.69, 9.17) is 14.8 Å². The van der Waals surface area contributed by atoms with Gasteiger partial charge in [0.05, 0.1) is 5.41 Å². The lowest BCUT2D eigenvalue weighted by molar-refractivity contribution is -0.522. The highest BCUT2D eigenvalue weighted by atomic mass is 17.5. The molecule has 4 heteroatoms. The van der Waals surface area contributed by atoms with Gasteiger partial charge in [-0.15, -0.1) is 0 Å². The van der Waals surface area contributed by atoms with Crippen LogP contribution >= 0.6 is 0 Å². The van der Waals surface area contributed by atoms with E-state index in [9.17, 15) is 4.79 Å². The molecule has 0 N–H and O–H groups in total. The van der Waals surface area contributed by atoms with Crippen LogP contribution in [0.15, 0.2) is 30.3 Å². The summed E-state index contributed by atoms with van der Waals surface area (Å²) in [4.78, 5) is 22.3. The molecule has 0 bridgehead atoms. The maximum absolute atomic E-state index is 12.2. The molecule has 0 fully saturated rings. The minimum atomic E-state index is -0.708. The standard InChI is InChI=1S/C18H28O4/c1-7-11-14(2)17(3,4)16(19)20-22-21-18(5,6)15-12-9-8-10-13-15/h8-10,12-14H,7,11H2,1-6H3. The zero-order chi connectivity index (χ0) is 16.8. The monoisotopic (exact) mass is 308 g/mol. The quantitative estimate of drug-likeness (QED) is 0.511. The molecule has 0 spiro atoms. The molecule has 0 aliphatic rings. The molecule has 124 valence electrons. The van der Waals surface area contributed by atoms with Crippen LogP contribution < -0.4 is 0 Å².